The van der Waals surface area contributed by atoms with Gasteiger partial charge in [-0.2, -0.15) is 0 Å². The third-order valence-corrected chi connectivity index (χ3v) is 3.44. The van der Waals surface area contributed by atoms with Crippen LogP contribution in [0.5, 0.6) is 0 Å². The van der Waals surface area contributed by atoms with Crippen molar-refractivity contribution in [3.05, 3.63) is 65.5 Å². The largest absolute Gasteiger partial charge is 0.324 e. The molecule has 0 spiro atoms. The SMILES string of the molecule is CCc1ccc(N=O)cc1Nc1nccc(-c2cccnc2)n1. The molecule has 0 saturated heterocycles. The number of nitrogens with one attached hydrogen (secondary N) is 1. The standard InChI is InChI=1S/C17H15N5O/c1-2-12-5-6-14(22-23)10-16(12)21-17-19-9-7-15(20-17)13-4-3-8-18-11-13/h3-11H,2H2,1H3,(H,19,20,21). The second-order valence-corrected chi connectivity index (χ2v) is 4.92. The number of hydrogen-bond acceptors (Lipinski definition) is 6. The van der Waals surface area contributed by atoms with Crippen molar-refractivity contribution in [1.29, 1.82) is 0 Å². The number of nitrogens with zero attached hydrogens (tertiary/aromatic N) is 4. The Bertz CT molecular complexity index is 820. The van der Waals surface area contributed by atoms with Gasteiger partial charge in [0.25, 0.3) is 0 Å². The van der Waals surface area contributed by atoms with Crippen molar-refractivity contribution in [2.75, 3.05) is 5.32 Å². The van der Waals surface area contributed by atoms with Crippen molar-refractivity contribution >= 4 is 17.3 Å². The molecule has 6 heteroatoms. The van der Waals surface area contributed by atoms with Crippen LogP contribution in [0.25, 0.3) is 11.3 Å². The minimum Gasteiger partial charge on any atom is -0.324 e. The Balaban J connectivity index is 1.93. The lowest BCUT2D eigenvalue weighted by Gasteiger charge is -2.10. The van der Waals surface area contributed by atoms with Crippen LogP contribution in [0.2, 0.25) is 0 Å². The molecule has 0 aliphatic carbocycles. The van der Waals surface area contributed by atoms with Crippen LogP contribution in [0.4, 0.5) is 17.3 Å². The van der Waals surface area contributed by atoms with E-state index < -0.39 is 0 Å². The molecule has 0 aliphatic rings. The van der Waals surface area contributed by atoms with E-state index in [1.807, 2.05) is 31.2 Å². The van der Waals surface area contributed by atoms with Crippen molar-refractivity contribution in [2.24, 2.45) is 5.18 Å². The molecule has 0 fully saturated rings. The fourth-order valence-electron chi connectivity index (χ4n) is 2.26. The van der Waals surface area contributed by atoms with E-state index in [1.165, 1.54) is 0 Å². The summed E-state index contributed by atoms with van der Waals surface area (Å²) in [6, 6.07) is 10.9. The number of hydrogen-bond donors (Lipinski definition) is 1. The third-order valence-electron chi connectivity index (χ3n) is 3.44. The zero-order valence-electron chi connectivity index (χ0n) is 12.6. The zero-order chi connectivity index (χ0) is 16.1. The van der Waals surface area contributed by atoms with Gasteiger partial charge < -0.3 is 5.32 Å². The van der Waals surface area contributed by atoms with Crippen molar-refractivity contribution in [3.8, 4) is 11.3 Å². The highest BCUT2D eigenvalue weighted by Crippen LogP contribution is 2.26. The first-order valence-corrected chi connectivity index (χ1v) is 7.27. The quantitative estimate of drug-likeness (QED) is 0.713. The van der Waals surface area contributed by atoms with Gasteiger partial charge in [0.1, 0.15) is 5.69 Å². The Hall–Kier alpha value is -3.15. The molecule has 6 nitrogen and oxygen atoms in total. The van der Waals surface area contributed by atoms with Gasteiger partial charge in [0, 0.05) is 29.8 Å². The van der Waals surface area contributed by atoms with Gasteiger partial charge in [0.2, 0.25) is 5.95 Å². The molecule has 0 saturated carbocycles. The van der Waals surface area contributed by atoms with Crippen LogP contribution in [0.1, 0.15) is 12.5 Å². The van der Waals surface area contributed by atoms with Crippen molar-refractivity contribution in [1.82, 2.24) is 15.0 Å². The maximum atomic E-state index is 10.7. The lowest BCUT2D eigenvalue weighted by atomic mass is 10.1. The van der Waals surface area contributed by atoms with Gasteiger partial charge in [-0.25, -0.2) is 9.97 Å². The van der Waals surface area contributed by atoms with E-state index >= 15 is 0 Å². The summed E-state index contributed by atoms with van der Waals surface area (Å²) in [5, 5.41) is 6.14. The molecule has 2 aromatic heterocycles. The lowest BCUT2D eigenvalue weighted by Crippen LogP contribution is -2.00. The Morgan fingerprint density at radius 2 is 2.09 bits per heavy atom. The van der Waals surface area contributed by atoms with E-state index in [9.17, 15) is 4.91 Å². The number of benzene rings is 1. The van der Waals surface area contributed by atoms with E-state index in [-0.39, 0.29) is 0 Å². The Kier molecular flexibility index (Phi) is 4.33. The number of rotatable bonds is 5. The predicted molar refractivity (Wildman–Crippen MR) is 89.8 cm³/mol. The fourth-order valence-corrected chi connectivity index (χ4v) is 2.26. The number of pyridine rings is 1. The zero-order valence-corrected chi connectivity index (χ0v) is 12.6. The van der Waals surface area contributed by atoms with E-state index in [2.05, 4.69) is 25.4 Å². The highest BCUT2D eigenvalue weighted by atomic mass is 16.3. The van der Waals surface area contributed by atoms with Crippen LogP contribution < -0.4 is 5.32 Å². The van der Waals surface area contributed by atoms with Gasteiger partial charge in [-0.1, -0.05) is 13.0 Å². The van der Waals surface area contributed by atoms with Gasteiger partial charge in [0.15, 0.2) is 0 Å². The first-order valence-electron chi connectivity index (χ1n) is 7.27. The number of aromatic nitrogens is 3. The summed E-state index contributed by atoms with van der Waals surface area (Å²) in [5.41, 5.74) is 3.91. The molecule has 23 heavy (non-hydrogen) atoms. The molecule has 0 unspecified atom stereocenters. The summed E-state index contributed by atoms with van der Waals surface area (Å²) in [4.78, 5) is 23.6. The Morgan fingerprint density at radius 1 is 1.17 bits per heavy atom. The van der Waals surface area contributed by atoms with Crippen LogP contribution >= 0.6 is 0 Å². The van der Waals surface area contributed by atoms with Crippen molar-refractivity contribution < 1.29 is 0 Å². The Labute approximate surface area is 133 Å². The normalized spacial score (nSPS) is 10.3. The fraction of sp³-hybridized carbons (Fsp3) is 0.118. The highest BCUT2D eigenvalue weighted by Gasteiger charge is 2.07. The molecule has 3 rings (SSSR count). The summed E-state index contributed by atoms with van der Waals surface area (Å²) in [5.74, 6) is 0.462. The third kappa shape index (κ3) is 3.37. The first-order chi connectivity index (χ1) is 11.3. The maximum absolute atomic E-state index is 10.7. The molecule has 1 N–H and O–H groups in total. The minimum absolute atomic E-state index is 0.369. The minimum atomic E-state index is 0.369. The van der Waals surface area contributed by atoms with Crippen molar-refractivity contribution in [3.63, 3.8) is 0 Å². The van der Waals surface area contributed by atoms with E-state index in [4.69, 9.17) is 0 Å². The maximum Gasteiger partial charge on any atom is 0.227 e. The van der Waals surface area contributed by atoms with Crippen LogP contribution in [0.3, 0.4) is 0 Å². The van der Waals surface area contributed by atoms with Crippen LogP contribution in [0.15, 0.2) is 60.2 Å². The van der Waals surface area contributed by atoms with E-state index in [0.29, 0.717) is 11.6 Å². The molecule has 0 bridgehead atoms. The molecule has 2 heterocycles. The van der Waals surface area contributed by atoms with Crippen LogP contribution in [-0.2, 0) is 6.42 Å². The van der Waals surface area contributed by atoms with Gasteiger partial charge in [0.05, 0.1) is 5.69 Å². The molecule has 114 valence electrons. The summed E-state index contributed by atoms with van der Waals surface area (Å²) < 4.78 is 0. The van der Waals surface area contributed by atoms with Gasteiger partial charge in [-0.3, -0.25) is 4.98 Å². The number of aryl methyl sites for hydroxylation is 1. The number of nitroso groups, excluding NO2 is 1. The molecular formula is C17H15N5O. The molecule has 0 atom stereocenters. The summed E-state index contributed by atoms with van der Waals surface area (Å²) in [6.07, 6.45) is 5.98. The summed E-state index contributed by atoms with van der Waals surface area (Å²) >= 11 is 0. The molecule has 0 radical (unpaired) electrons. The predicted octanol–water partition coefficient (Wildman–Crippen LogP) is 4.24. The van der Waals surface area contributed by atoms with E-state index in [0.717, 1.165) is 28.9 Å². The molecule has 0 amide bonds. The van der Waals surface area contributed by atoms with Gasteiger partial charge in [-0.05, 0) is 47.5 Å². The monoisotopic (exact) mass is 305 g/mol. The summed E-state index contributed by atoms with van der Waals surface area (Å²) in [6.45, 7) is 2.04. The average molecular weight is 305 g/mol. The molecule has 3 aromatic rings. The highest BCUT2D eigenvalue weighted by molar-refractivity contribution is 5.66. The molecular weight excluding hydrogens is 290 g/mol. The van der Waals surface area contributed by atoms with Gasteiger partial charge >= 0.3 is 0 Å². The Morgan fingerprint density at radius 3 is 2.83 bits per heavy atom. The van der Waals surface area contributed by atoms with E-state index in [1.54, 1.807) is 30.7 Å². The van der Waals surface area contributed by atoms with Crippen LogP contribution in [-0.4, -0.2) is 15.0 Å². The van der Waals surface area contributed by atoms with Crippen molar-refractivity contribution in [2.45, 2.75) is 13.3 Å². The second kappa shape index (κ2) is 6.74. The second-order valence-electron chi connectivity index (χ2n) is 4.92. The lowest BCUT2D eigenvalue weighted by molar-refractivity contribution is 1.12. The molecule has 0 aliphatic heterocycles. The first kappa shape index (κ1) is 14.8. The average Bonchev–Trinajstić information content (AvgIpc) is 2.62. The molecule has 1 aromatic carbocycles. The summed E-state index contributed by atoms with van der Waals surface area (Å²) in [7, 11) is 0. The van der Waals surface area contributed by atoms with Gasteiger partial charge in [-0.15, -0.1) is 4.91 Å². The van der Waals surface area contributed by atoms with Crippen LogP contribution in [0, 0.1) is 4.91 Å². The topological polar surface area (TPSA) is 80.1 Å². The number of anilines is 2. The smallest absolute Gasteiger partial charge is 0.227 e.